The molecule has 4 rings (SSSR count). The first-order valence-electron chi connectivity index (χ1n) is 8.84. The van der Waals surface area contributed by atoms with Crippen molar-refractivity contribution in [1.29, 1.82) is 0 Å². The van der Waals surface area contributed by atoms with E-state index in [0.29, 0.717) is 6.61 Å². The van der Waals surface area contributed by atoms with Gasteiger partial charge in [0.2, 0.25) is 0 Å². The highest BCUT2D eigenvalue weighted by Gasteiger charge is 2.29. The third kappa shape index (κ3) is 2.98. The molecule has 0 amide bonds. The Morgan fingerprint density at radius 3 is 2.79 bits per heavy atom. The van der Waals surface area contributed by atoms with Crippen LogP contribution in [0.25, 0.3) is 0 Å². The summed E-state index contributed by atoms with van der Waals surface area (Å²) in [7, 11) is 1.99. The van der Waals surface area contributed by atoms with Gasteiger partial charge in [-0.1, -0.05) is 0 Å². The Balaban J connectivity index is 1.43. The van der Waals surface area contributed by atoms with Gasteiger partial charge in [0.1, 0.15) is 12.4 Å². The van der Waals surface area contributed by atoms with E-state index < -0.39 is 0 Å². The van der Waals surface area contributed by atoms with Gasteiger partial charge in [-0.2, -0.15) is 5.10 Å². The lowest BCUT2D eigenvalue weighted by Crippen LogP contribution is -2.37. The summed E-state index contributed by atoms with van der Waals surface area (Å²) in [6, 6.07) is 0.253. The van der Waals surface area contributed by atoms with Crippen LogP contribution in [0.5, 0.6) is 0 Å². The topological polar surface area (TPSA) is 61.0 Å². The van der Waals surface area contributed by atoms with Gasteiger partial charge < -0.3 is 9.30 Å². The smallest absolute Gasteiger partial charge is 0.159 e. The summed E-state index contributed by atoms with van der Waals surface area (Å²) in [6.07, 6.45) is 4.61. The first kappa shape index (κ1) is 15.8. The van der Waals surface area contributed by atoms with Gasteiger partial charge in [-0.3, -0.25) is 9.58 Å². The van der Waals surface area contributed by atoms with Crippen molar-refractivity contribution in [3.8, 4) is 0 Å². The molecule has 2 aromatic heterocycles. The van der Waals surface area contributed by atoms with E-state index in [2.05, 4.69) is 38.6 Å². The summed E-state index contributed by atoms with van der Waals surface area (Å²) in [6.45, 7) is 8.60. The molecule has 0 N–H and O–H groups in total. The Kier molecular flexibility index (Phi) is 4.14. The molecule has 0 spiro atoms. The van der Waals surface area contributed by atoms with Crippen LogP contribution in [-0.4, -0.2) is 42.6 Å². The van der Waals surface area contributed by atoms with Gasteiger partial charge in [-0.05, 0) is 32.6 Å². The minimum absolute atomic E-state index is 0.253. The molecule has 3 heterocycles. The predicted octanol–water partition coefficient (Wildman–Crippen LogP) is 1.82. The Labute approximate surface area is 142 Å². The van der Waals surface area contributed by atoms with Crippen LogP contribution in [0, 0.1) is 12.8 Å². The van der Waals surface area contributed by atoms with Crippen molar-refractivity contribution in [3.05, 3.63) is 29.1 Å². The summed E-state index contributed by atoms with van der Waals surface area (Å²) in [5.74, 6) is 2.80. The second-order valence-electron chi connectivity index (χ2n) is 7.11. The maximum absolute atomic E-state index is 5.80. The summed E-state index contributed by atoms with van der Waals surface area (Å²) in [4.78, 5) is 2.45. The van der Waals surface area contributed by atoms with Crippen LogP contribution in [-0.2, 0) is 31.5 Å². The van der Waals surface area contributed by atoms with Gasteiger partial charge in [-0.25, -0.2) is 0 Å². The normalized spacial score (nSPS) is 21.2. The summed E-state index contributed by atoms with van der Waals surface area (Å²) in [5, 5.41) is 13.2. The quantitative estimate of drug-likeness (QED) is 0.808. The van der Waals surface area contributed by atoms with Gasteiger partial charge in [0.05, 0.1) is 12.2 Å². The highest BCUT2D eigenvalue weighted by molar-refractivity contribution is 5.16. The number of rotatable bonds is 6. The Morgan fingerprint density at radius 2 is 2.08 bits per heavy atom. The molecule has 7 heteroatoms. The van der Waals surface area contributed by atoms with Gasteiger partial charge in [0, 0.05) is 44.5 Å². The summed E-state index contributed by atoms with van der Waals surface area (Å²) < 4.78 is 9.97. The molecule has 1 fully saturated rings. The number of nitrogens with zero attached hydrogens (tertiary/aromatic N) is 6. The minimum Gasteiger partial charge on any atom is -0.373 e. The average Bonchev–Trinajstić information content (AvgIpc) is 3.23. The second-order valence-corrected chi connectivity index (χ2v) is 7.11. The molecule has 1 aliphatic carbocycles. The first-order chi connectivity index (χ1) is 11.6. The van der Waals surface area contributed by atoms with Crippen LogP contribution >= 0.6 is 0 Å². The van der Waals surface area contributed by atoms with Crippen LogP contribution < -0.4 is 0 Å². The average molecular weight is 330 g/mol. The van der Waals surface area contributed by atoms with Gasteiger partial charge in [-0.15, -0.1) is 10.2 Å². The largest absolute Gasteiger partial charge is 0.373 e. The van der Waals surface area contributed by atoms with E-state index >= 15 is 0 Å². The van der Waals surface area contributed by atoms with Crippen LogP contribution in [0.15, 0.2) is 6.20 Å². The zero-order valence-electron chi connectivity index (χ0n) is 14.8. The third-order valence-electron chi connectivity index (χ3n) is 5.38. The molecule has 130 valence electrons. The van der Waals surface area contributed by atoms with E-state index in [-0.39, 0.29) is 6.04 Å². The molecule has 7 nitrogen and oxygen atoms in total. The van der Waals surface area contributed by atoms with E-state index in [0.717, 1.165) is 43.8 Å². The van der Waals surface area contributed by atoms with Crippen LogP contribution in [0.4, 0.5) is 0 Å². The maximum Gasteiger partial charge on any atom is 0.159 e. The molecule has 0 aromatic carbocycles. The Bertz CT molecular complexity index is 717. The van der Waals surface area contributed by atoms with Gasteiger partial charge >= 0.3 is 0 Å². The zero-order valence-corrected chi connectivity index (χ0v) is 14.8. The molecule has 0 saturated heterocycles. The molecule has 0 unspecified atom stereocenters. The SMILES string of the molecule is Cc1c(CN2CCn3c(COCC4CC4)nnc3[C@H]2C)cnn1C. The van der Waals surface area contributed by atoms with Crippen LogP contribution in [0.3, 0.4) is 0 Å². The van der Waals surface area contributed by atoms with Crippen molar-refractivity contribution >= 4 is 0 Å². The van der Waals surface area contributed by atoms with E-state index in [1.54, 1.807) is 0 Å². The number of hydrogen-bond acceptors (Lipinski definition) is 5. The second kappa shape index (κ2) is 6.29. The Morgan fingerprint density at radius 1 is 1.25 bits per heavy atom. The van der Waals surface area contributed by atoms with Gasteiger partial charge in [0.25, 0.3) is 0 Å². The lowest BCUT2D eigenvalue weighted by atomic mass is 10.1. The first-order valence-corrected chi connectivity index (χ1v) is 8.84. The monoisotopic (exact) mass is 330 g/mol. The fraction of sp³-hybridized carbons (Fsp3) is 0.706. The van der Waals surface area contributed by atoms with E-state index in [1.165, 1.54) is 24.1 Å². The maximum atomic E-state index is 5.80. The van der Waals surface area contributed by atoms with Gasteiger partial charge in [0.15, 0.2) is 5.82 Å². The fourth-order valence-corrected chi connectivity index (χ4v) is 3.33. The molecular formula is C17H26N6O. The van der Waals surface area contributed by atoms with Crippen molar-refractivity contribution in [2.75, 3.05) is 13.2 Å². The van der Waals surface area contributed by atoms with Crippen LogP contribution in [0.2, 0.25) is 0 Å². The molecule has 0 radical (unpaired) electrons. The minimum atomic E-state index is 0.253. The number of aromatic nitrogens is 5. The molecule has 2 aliphatic rings. The van der Waals surface area contributed by atoms with Crippen LogP contribution in [0.1, 0.15) is 48.7 Å². The molecule has 0 bridgehead atoms. The zero-order chi connectivity index (χ0) is 16.7. The molecule has 1 atom stereocenters. The predicted molar refractivity (Wildman–Crippen MR) is 89.2 cm³/mol. The molecule has 1 saturated carbocycles. The van der Waals surface area contributed by atoms with Crippen molar-refractivity contribution in [1.82, 2.24) is 29.4 Å². The Hall–Kier alpha value is -1.73. The molecule has 1 aliphatic heterocycles. The number of aryl methyl sites for hydroxylation is 1. The van der Waals surface area contributed by atoms with Crippen molar-refractivity contribution in [2.45, 2.75) is 52.4 Å². The number of fused-ring (bicyclic) bond motifs is 1. The molecular weight excluding hydrogens is 304 g/mol. The standard InChI is InChI=1S/C17H26N6O/c1-12-15(8-18-21(12)3)9-22-6-7-23-16(11-24-10-14-4-5-14)19-20-17(23)13(22)2/h8,13-14H,4-7,9-11H2,1-3H3/t13-/m1/s1. The van der Waals surface area contributed by atoms with Crippen molar-refractivity contribution in [2.24, 2.45) is 13.0 Å². The number of ether oxygens (including phenoxy) is 1. The summed E-state index contributed by atoms with van der Waals surface area (Å²) >= 11 is 0. The molecule has 2 aromatic rings. The summed E-state index contributed by atoms with van der Waals surface area (Å²) in [5.41, 5.74) is 2.51. The fourth-order valence-electron chi connectivity index (χ4n) is 3.33. The third-order valence-corrected chi connectivity index (χ3v) is 5.38. The number of hydrogen-bond donors (Lipinski definition) is 0. The van der Waals surface area contributed by atoms with Crippen molar-refractivity contribution < 1.29 is 4.74 Å². The molecule has 24 heavy (non-hydrogen) atoms. The lowest BCUT2D eigenvalue weighted by molar-refractivity contribution is 0.0986. The highest BCUT2D eigenvalue weighted by atomic mass is 16.5. The van der Waals surface area contributed by atoms with E-state index in [4.69, 9.17) is 4.74 Å². The van der Waals surface area contributed by atoms with E-state index in [9.17, 15) is 0 Å². The van der Waals surface area contributed by atoms with E-state index in [1.807, 2.05) is 17.9 Å². The highest BCUT2D eigenvalue weighted by Crippen LogP contribution is 2.30. The lowest BCUT2D eigenvalue weighted by Gasteiger charge is -2.33. The van der Waals surface area contributed by atoms with Crippen molar-refractivity contribution in [3.63, 3.8) is 0 Å².